The molecule has 0 unspecified atom stereocenters. The molecule has 1 aliphatic heterocycles. The smallest absolute Gasteiger partial charge is 0.322 e. The highest BCUT2D eigenvalue weighted by Gasteiger charge is 2.36. The van der Waals surface area contributed by atoms with E-state index in [1.165, 1.54) is 34.5 Å². The van der Waals surface area contributed by atoms with Crippen LogP contribution < -0.4 is 13.9 Å². The molecule has 0 saturated heterocycles. The summed E-state index contributed by atoms with van der Waals surface area (Å²) in [7, 11) is -0.546. The molecule has 1 N–H and O–H groups in total. The van der Waals surface area contributed by atoms with Crippen molar-refractivity contribution in [2.24, 2.45) is 0 Å². The van der Waals surface area contributed by atoms with Crippen molar-refractivity contribution in [3.8, 4) is 0 Å². The molecular formula is C16H18N4O3S2. The summed E-state index contributed by atoms with van der Waals surface area (Å²) >= 11 is 1.39. The first-order valence-electron chi connectivity index (χ1n) is 7.45. The second-order valence-corrected chi connectivity index (χ2v) is 8.40. The summed E-state index contributed by atoms with van der Waals surface area (Å²) in [5.41, 5.74) is 2.94. The van der Waals surface area contributed by atoms with E-state index in [0.717, 1.165) is 5.56 Å². The molecule has 25 heavy (non-hydrogen) atoms. The Hall–Kier alpha value is -2.26. The van der Waals surface area contributed by atoms with E-state index in [1.54, 1.807) is 30.5 Å². The summed E-state index contributed by atoms with van der Waals surface area (Å²) in [5.74, 6) is -0.280. The van der Waals surface area contributed by atoms with E-state index in [-0.39, 0.29) is 5.91 Å². The molecule has 0 bridgehead atoms. The van der Waals surface area contributed by atoms with Crippen LogP contribution in [0.1, 0.15) is 15.9 Å². The van der Waals surface area contributed by atoms with Gasteiger partial charge in [0.05, 0.1) is 16.9 Å². The molecule has 0 saturated carbocycles. The number of carbonyl (C=O) groups excluding carboxylic acids is 1. The first kappa shape index (κ1) is 17.6. The number of thioether (sulfide) groups is 1. The molecular weight excluding hydrogens is 360 g/mol. The number of fused-ring (bicyclic) bond motifs is 1. The van der Waals surface area contributed by atoms with Gasteiger partial charge in [0.2, 0.25) is 0 Å². The molecule has 132 valence electrons. The standard InChI is InChI=1S/C16H18N4O3S2/c1-10-8-13-14(20(3)25(22,23)19(13)2)9-12(10)18-15(21)11-6-5-7-17-16(11)24-4/h5-9H,1-4H3,(H,18,21). The Morgan fingerprint density at radius 1 is 1.20 bits per heavy atom. The lowest BCUT2D eigenvalue weighted by atomic mass is 10.1. The lowest BCUT2D eigenvalue weighted by molar-refractivity contribution is 0.102. The van der Waals surface area contributed by atoms with E-state index < -0.39 is 10.2 Å². The third-order valence-electron chi connectivity index (χ3n) is 4.15. The predicted molar refractivity (Wildman–Crippen MR) is 101 cm³/mol. The molecule has 1 aromatic carbocycles. The first-order valence-corrected chi connectivity index (χ1v) is 10.1. The Labute approximate surface area is 151 Å². The fourth-order valence-corrected chi connectivity index (χ4v) is 4.37. The number of hydrogen-bond acceptors (Lipinski definition) is 5. The monoisotopic (exact) mass is 378 g/mol. The third-order valence-corrected chi connectivity index (χ3v) is 6.64. The van der Waals surface area contributed by atoms with Gasteiger partial charge >= 0.3 is 10.2 Å². The van der Waals surface area contributed by atoms with Crippen molar-refractivity contribution < 1.29 is 13.2 Å². The summed E-state index contributed by atoms with van der Waals surface area (Å²) in [5, 5.41) is 3.50. The summed E-state index contributed by atoms with van der Waals surface area (Å²) in [6.07, 6.45) is 3.49. The highest BCUT2D eigenvalue weighted by atomic mass is 32.2. The van der Waals surface area contributed by atoms with Crippen LogP contribution in [-0.4, -0.2) is 39.7 Å². The minimum Gasteiger partial charge on any atom is -0.322 e. The van der Waals surface area contributed by atoms with Gasteiger partial charge in [0.15, 0.2) is 0 Å². The molecule has 9 heteroatoms. The van der Waals surface area contributed by atoms with Crippen molar-refractivity contribution in [3.63, 3.8) is 0 Å². The van der Waals surface area contributed by atoms with Crippen molar-refractivity contribution in [3.05, 3.63) is 41.6 Å². The normalized spacial score (nSPS) is 15.2. The summed E-state index contributed by atoms with van der Waals surface area (Å²) in [4.78, 5) is 16.8. The van der Waals surface area contributed by atoms with E-state index in [4.69, 9.17) is 0 Å². The fraction of sp³-hybridized carbons (Fsp3) is 0.250. The van der Waals surface area contributed by atoms with Gasteiger partial charge in [-0.3, -0.25) is 13.4 Å². The Balaban J connectivity index is 1.98. The molecule has 0 fully saturated rings. The summed E-state index contributed by atoms with van der Waals surface area (Å²) in [6.45, 7) is 1.83. The van der Waals surface area contributed by atoms with Gasteiger partial charge in [0.25, 0.3) is 5.91 Å². The average Bonchev–Trinajstić information content (AvgIpc) is 2.76. The van der Waals surface area contributed by atoms with Gasteiger partial charge in [-0.1, -0.05) is 0 Å². The number of amides is 1. The third kappa shape index (κ3) is 2.83. The second kappa shape index (κ2) is 6.23. The number of hydrogen-bond donors (Lipinski definition) is 1. The Kier molecular flexibility index (Phi) is 4.38. The lowest BCUT2D eigenvalue weighted by Gasteiger charge is -2.13. The Morgan fingerprint density at radius 2 is 1.84 bits per heavy atom. The molecule has 3 rings (SSSR count). The first-order chi connectivity index (χ1) is 11.8. The van der Waals surface area contributed by atoms with E-state index in [1.807, 2.05) is 13.2 Å². The topological polar surface area (TPSA) is 82.6 Å². The minimum atomic E-state index is -3.55. The van der Waals surface area contributed by atoms with Crippen LogP contribution in [0.2, 0.25) is 0 Å². The van der Waals surface area contributed by atoms with Gasteiger partial charge in [0, 0.05) is 26.0 Å². The van der Waals surface area contributed by atoms with Crippen LogP contribution in [0, 0.1) is 6.92 Å². The maximum absolute atomic E-state index is 12.6. The summed E-state index contributed by atoms with van der Waals surface area (Å²) in [6, 6.07) is 6.85. The van der Waals surface area contributed by atoms with Crippen LogP contribution in [0.3, 0.4) is 0 Å². The number of aryl methyl sites for hydroxylation is 1. The molecule has 0 radical (unpaired) electrons. The molecule has 7 nitrogen and oxygen atoms in total. The number of pyridine rings is 1. The van der Waals surface area contributed by atoms with Crippen molar-refractivity contribution in [2.75, 3.05) is 34.3 Å². The van der Waals surface area contributed by atoms with E-state index >= 15 is 0 Å². The molecule has 0 atom stereocenters. The number of nitrogens with one attached hydrogen (secondary N) is 1. The number of carbonyl (C=O) groups is 1. The molecule has 1 amide bonds. The van der Waals surface area contributed by atoms with Gasteiger partial charge < -0.3 is 5.32 Å². The zero-order valence-electron chi connectivity index (χ0n) is 14.3. The highest BCUT2D eigenvalue weighted by molar-refractivity contribution is 7.98. The molecule has 2 heterocycles. The lowest BCUT2D eigenvalue weighted by Crippen LogP contribution is -2.32. The van der Waals surface area contributed by atoms with E-state index in [0.29, 0.717) is 27.7 Å². The average molecular weight is 378 g/mol. The molecule has 0 aliphatic carbocycles. The largest absolute Gasteiger partial charge is 0.326 e. The van der Waals surface area contributed by atoms with Gasteiger partial charge in [-0.05, 0) is 43.0 Å². The van der Waals surface area contributed by atoms with Crippen LogP contribution >= 0.6 is 11.8 Å². The molecule has 1 aromatic heterocycles. The zero-order valence-corrected chi connectivity index (χ0v) is 15.9. The van der Waals surface area contributed by atoms with Crippen molar-refractivity contribution in [2.45, 2.75) is 11.9 Å². The van der Waals surface area contributed by atoms with E-state index in [9.17, 15) is 13.2 Å². The maximum Gasteiger partial charge on any atom is 0.326 e. The molecule has 1 aliphatic rings. The number of anilines is 3. The van der Waals surface area contributed by atoms with Gasteiger partial charge in [-0.2, -0.15) is 8.42 Å². The van der Waals surface area contributed by atoms with Crippen LogP contribution in [0.5, 0.6) is 0 Å². The Bertz CT molecular complexity index is 960. The predicted octanol–water partition coefficient (Wildman–Crippen LogP) is 2.50. The number of aromatic nitrogens is 1. The summed E-state index contributed by atoms with van der Waals surface area (Å²) < 4.78 is 26.9. The zero-order chi connectivity index (χ0) is 18.4. The van der Waals surface area contributed by atoms with E-state index in [2.05, 4.69) is 10.3 Å². The number of benzene rings is 1. The van der Waals surface area contributed by atoms with Crippen LogP contribution in [-0.2, 0) is 10.2 Å². The SMILES string of the molecule is CSc1ncccc1C(=O)Nc1cc2c(cc1C)N(C)S(=O)(=O)N2C. The van der Waals surface area contributed by atoms with Crippen LogP contribution in [0.15, 0.2) is 35.5 Å². The Morgan fingerprint density at radius 3 is 2.48 bits per heavy atom. The number of rotatable bonds is 3. The van der Waals surface area contributed by atoms with Gasteiger partial charge in [-0.25, -0.2) is 4.98 Å². The van der Waals surface area contributed by atoms with Crippen molar-refractivity contribution in [1.82, 2.24) is 4.98 Å². The molecule has 2 aromatic rings. The van der Waals surface area contributed by atoms with Gasteiger partial charge in [0.1, 0.15) is 5.03 Å². The van der Waals surface area contributed by atoms with Crippen LogP contribution in [0.4, 0.5) is 17.1 Å². The minimum absolute atomic E-state index is 0.280. The highest BCUT2D eigenvalue weighted by Crippen LogP contribution is 2.42. The maximum atomic E-state index is 12.6. The number of nitrogens with zero attached hydrogens (tertiary/aromatic N) is 3. The van der Waals surface area contributed by atoms with Gasteiger partial charge in [-0.15, -0.1) is 11.8 Å². The van der Waals surface area contributed by atoms with Crippen molar-refractivity contribution in [1.29, 1.82) is 0 Å². The van der Waals surface area contributed by atoms with Crippen molar-refractivity contribution >= 4 is 44.9 Å². The van der Waals surface area contributed by atoms with Crippen LogP contribution in [0.25, 0.3) is 0 Å². The fourth-order valence-electron chi connectivity index (χ4n) is 2.67. The second-order valence-electron chi connectivity index (χ2n) is 5.61. The quantitative estimate of drug-likeness (QED) is 0.830. The molecule has 0 spiro atoms.